The van der Waals surface area contributed by atoms with Gasteiger partial charge in [-0.15, -0.1) is 11.3 Å². The van der Waals surface area contributed by atoms with Crippen LogP contribution in [0.1, 0.15) is 43.2 Å². The molecule has 0 unspecified atom stereocenters. The van der Waals surface area contributed by atoms with Crippen LogP contribution in [0.3, 0.4) is 0 Å². The number of fused-ring (bicyclic) bond motifs is 9. The Kier molecular flexibility index (Phi) is 5.08. The lowest BCUT2D eigenvalue weighted by Gasteiger charge is -2.61. The third-order valence-electron chi connectivity index (χ3n) is 13.2. The summed E-state index contributed by atoms with van der Waals surface area (Å²) >= 11 is 1.88. The second-order valence-corrected chi connectivity index (χ2v) is 16.4. The molecule has 0 atom stereocenters. The van der Waals surface area contributed by atoms with Gasteiger partial charge in [-0.3, -0.25) is 0 Å². The smallest absolute Gasteiger partial charge is 0.0541 e. The number of rotatable bonds is 2. The van der Waals surface area contributed by atoms with Crippen molar-refractivity contribution in [3.05, 3.63) is 139 Å². The molecule has 0 saturated heterocycles. The van der Waals surface area contributed by atoms with Crippen LogP contribution in [-0.4, -0.2) is 4.57 Å². The van der Waals surface area contributed by atoms with Crippen molar-refractivity contribution < 1.29 is 0 Å². The van der Waals surface area contributed by atoms with Crippen LogP contribution in [0.4, 0.5) is 0 Å². The minimum absolute atomic E-state index is 0.226. The molecule has 5 aliphatic carbocycles. The summed E-state index contributed by atoms with van der Waals surface area (Å²) in [6.07, 6.45) is 7.21. The zero-order valence-electron chi connectivity index (χ0n) is 26.8. The molecule has 8 aromatic rings. The fraction of sp³-hybridized carbons (Fsp3) is 0.217. The average Bonchev–Trinajstić information content (AvgIpc) is 3.76. The molecule has 1 nitrogen and oxygen atoms in total. The number of nitrogens with zero attached hydrogens (tertiary/aromatic N) is 1. The van der Waals surface area contributed by atoms with Crippen molar-refractivity contribution in [1.29, 1.82) is 0 Å². The minimum atomic E-state index is 0.226. The van der Waals surface area contributed by atoms with Crippen molar-refractivity contribution in [2.24, 2.45) is 23.7 Å². The lowest BCUT2D eigenvalue weighted by molar-refractivity contribution is -0.0399. The third kappa shape index (κ3) is 3.27. The van der Waals surface area contributed by atoms with Crippen LogP contribution in [0.5, 0.6) is 0 Å². The van der Waals surface area contributed by atoms with E-state index in [1.165, 1.54) is 102 Å². The van der Waals surface area contributed by atoms with Gasteiger partial charge in [0.25, 0.3) is 0 Å². The topological polar surface area (TPSA) is 4.93 Å². The molecule has 4 bridgehead atoms. The van der Waals surface area contributed by atoms with E-state index in [0.717, 1.165) is 23.7 Å². The standard InChI is InChI=1S/C46H35NS/c1-4-10-40-34(7-1)37-24-29(13-16-41(37)46(40)31-20-27-19-28(22-31)23-32(46)21-27)30-14-17-43-38(25-30)35-8-2-5-11-42(35)47(43)33-15-18-45-39(26-33)36-9-3-6-12-44(36)48-45/h1-18,24-28,31-32H,19-23H2. The van der Waals surface area contributed by atoms with Crippen LogP contribution in [0.25, 0.3) is 69.9 Å². The number of thiophene rings is 1. The molecule has 4 saturated carbocycles. The quantitative estimate of drug-likeness (QED) is 0.178. The largest absolute Gasteiger partial charge is 0.309 e. The van der Waals surface area contributed by atoms with E-state index in [-0.39, 0.29) is 5.41 Å². The highest BCUT2D eigenvalue weighted by Crippen LogP contribution is 2.69. The van der Waals surface area contributed by atoms with Gasteiger partial charge in [-0.1, -0.05) is 78.9 Å². The Morgan fingerprint density at radius 1 is 0.479 bits per heavy atom. The maximum atomic E-state index is 2.56. The van der Waals surface area contributed by atoms with Gasteiger partial charge in [-0.2, -0.15) is 0 Å². The molecular formula is C46H35NS. The molecule has 1 spiro atoms. The summed E-state index contributed by atoms with van der Waals surface area (Å²) in [4.78, 5) is 0. The van der Waals surface area contributed by atoms with E-state index in [1.54, 1.807) is 11.1 Å². The Labute approximate surface area is 284 Å². The fourth-order valence-corrected chi connectivity index (χ4v) is 12.7. The normalized spacial score (nSPS) is 25.2. The maximum absolute atomic E-state index is 2.56. The van der Waals surface area contributed by atoms with Crippen molar-refractivity contribution in [2.45, 2.75) is 37.5 Å². The van der Waals surface area contributed by atoms with Crippen molar-refractivity contribution in [2.75, 3.05) is 0 Å². The predicted molar refractivity (Wildman–Crippen MR) is 202 cm³/mol. The highest BCUT2D eigenvalue weighted by atomic mass is 32.1. The fourth-order valence-electron chi connectivity index (χ4n) is 11.6. The summed E-state index contributed by atoms with van der Waals surface area (Å²) in [6, 6.07) is 49.0. The summed E-state index contributed by atoms with van der Waals surface area (Å²) in [7, 11) is 0. The lowest BCUT2D eigenvalue weighted by atomic mass is 9.43. The van der Waals surface area contributed by atoms with Crippen molar-refractivity contribution in [1.82, 2.24) is 4.57 Å². The van der Waals surface area contributed by atoms with Gasteiger partial charge in [0.1, 0.15) is 0 Å². The lowest BCUT2D eigenvalue weighted by Crippen LogP contribution is -2.55. The summed E-state index contributed by atoms with van der Waals surface area (Å²) in [5, 5.41) is 5.31. The van der Waals surface area contributed by atoms with Gasteiger partial charge in [0, 0.05) is 42.0 Å². The van der Waals surface area contributed by atoms with Crippen LogP contribution >= 0.6 is 11.3 Å². The SMILES string of the molecule is c1ccc2c(c1)-c1cc(-c3ccc4c(c3)c3ccccc3n4-c3ccc4sc5ccccc5c4c3)ccc1C21C2CC3CC(C2)CC1C3. The molecule has 0 radical (unpaired) electrons. The molecule has 2 heterocycles. The second-order valence-electron chi connectivity index (χ2n) is 15.3. The maximum Gasteiger partial charge on any atom is 0.0541 e. The minimum Gasteiger partial charge on any atom is -0.309 e. The summed E-state index contributed by atoms with van der Waals surface area (Å²) in [5.41, 5.74) is 12.9. The molecule has 230 valence electrons. The molecule has 4 fully saturated rings. The number of benzene rings is 6. The van der Waals surface area contributed by atoms with Crippen molar-refractivity contribution in [3.8, 4) is 27.9 Å². The van der Waals surface area contributed by atoms with E-state index in [9.17, 15) is 0 Å². The molecule has 0 N–H and O–H groups in total. The molecule has 48 heavy (non-hydrogen) atoms. The Bertz CT molecular complexity index is 2620. The van der Waals surface area contributed by atoms with Gasteiger partial charge >= 0.3 is 0 Å². The molecular weight excluding hydrogens is 599 g/mol. The monoisotopic (exact) mass is 633 g/mol. The zero-order valence-corrected chi connectivity index (χ0v) is 27.6. The Morgan fingerprint density at radius 2 is 1.15 bits per heavy atom. The summed E-state index contributed by atoms with van der Waals surface area (Å²) < 4.78 is 5.16. The second kappa shape index (κ2) is 9.27. The van der Waals surface area contributed by atoms with Crippen LogP contribution in [0, 0.1) is 23.7 Å². The first kappa shape index (κ1) is 26.3. The van der Waals surface area contributed by atoms with Crippen LogP contribution in [0.15, 0.2) is 127 Å². The van der Waals surface area contributed by atoms with E-state index < -0.39 is 0 Å². The zero-order chi connectivity index (χ0) is 31.1. The van der Waals surface area contributed by atoms with Crippen LogP contribution in [-0.2, 0) is 5.41 Å². The predicted octanol–water partition coefficient (Wildman–Crippen LogP) is 12.5. The number of hydrogen-bond acceptors (Lipinski definition) is 1. The summed E-state index contributed by atoms with van der Waals surface area (Å²) in [5.74, 6) is 3.54. The molecule has 5 aliphatic rings. The first-order chi connectivity index (χ1) is 23.7. The van der Waals surface area contributed by atoms with Gasteiger partial charge in [-0.05, 0) is 138 Å². The first-order valence-corrected chi connectivity index (χ1v) is 18.8. The van der Waals surface area contributed by atoms with E-state index in [4.69, 9.17) is 0 Å². The van der Waals surface area contributed by atoms with Crippen LogP contribution < -0.4 is 0 Å². The number of hydrogen-bond donors (Lipinski definition) is 0. The number of aromatic nitrogens is 1. The van der Waals surface area contributed by atoms with Gasteiger partial charge in [0.15, 0.2) is 0 Å². The Balaban J connectivity index is 1.03. The van der Waals surface area contributed by atoms with E-state index in [1.807, 2.05) is 11.3 Å². The highest BCUT2D eigenvalue weighted by molar-refractivity contribution is 7.25. The van der Waals surface area contributed by atoms with Crippen molar-refractivity contribution in [3.63, 3.8) is 0 Å². The van der Waals surface area contributed by atoms with E-state index in [0.29, 0.717) is 0 Å². The van der Waals surface area contributed by atoms with Gasteiger partial charge < -0.3 is 4.57 Å². The molecule has 6 aromatic carbocycles. The third-order valence-corrected chi connectivity index (χ3v) is 14.3. The Hall–Kier alpha value is -4.66. The van der Waals surface area contributed by atoms with Gasteiger partial charge in [-0.25, -0.2) is 0 Å². The van der Waals surface area contributed by atoms with E-state index >= 15 is 0 Å². The van der Waals surface area contributed by atoms with Crippen LogP contribution in [0.2, 0.25) is 0 Å². The molecule has 2 aromatic heterocycles. The molecule has 13 rings (SSSR count). The Morgan fingerprint density at radius 3 is 2.02 bits per heavy atom. The first-order valence-electron chi connectivity index (χ1n) is 17.9. The van der Waals surface area contributed by atoms with Gasteiger partial charge in [0.2, 0.25) is 0 Å². The molecule has 0 amide bonds. The van der Waals surface area contributed by atoms with Crippen molar-refractivity contribution >= 4 is 53.3 Å². The highest BCUT2D eigenvalue weighted by Gasteiger charge is 2.61. The van der Waals surface area contributed by atoms with Gasteiger partial charge in [0.05, 0.1) is 11.0 Å². The van der Waals surface area contributed by atoms with E-state index in [2.05, 4.69) is 132 Å². The average molecular weight is 634 g/mol. The molecule has 0 aliphatic heterocycles. The number of para-hydroxylation sites is 1. The summed E-state index contributed by atoms with van der Waals surface area (Å²) in [6.45, 7) is 0. The molecule has 2 heteroatoms.